The van der Waals surface area contributed by atoms with E-state index < -0.39 is 5.97 Å². The fraction of sp³-hybridized carbons (Fsp3) is 0.500. The Hall–Kier alpha value is -2.41. The maximum absolute atomic E-state index is 12.8. The summed E-state index contributed by atoms with van der Waals surface area (Å²) in [5.74, 6) is -0.388. The van der Waals surface area contributed by atoms with E-state index >= 15 is 0 Å². The fourth-order valence-electron chi connectivity index (χ4n) is 3.31. The Bertz CT molecular complexity index is 851. The second-order valence-corrected chi connectivity index (χ2v) is 6.62. The van der Waals surface area contributed by atoms with Crippen LogP contribution in [0.1, 0.15) is 31.1 Å². The predicted molar refractivity (Wildman–Crippen MR) is 97.6 cm³/mol. The second-order valence-electron chi connectivity index (χ2n) is 6.62. The highest BCUT2D eigenvalue weighted by Crippen LogP contribution is 2.19. The van der Waals surface area contributed by atoms with Gasteiger partial charge in [-0.3, -0.25) is 14.3 Å². The van der Waals surface area contributed by atoms with E-state index in [1.165, 1.54) is 12.1 Å². The topological polar surface area (TPSA) is 78.7 Å². The number of nitrogens with zero attached hydrogens (tertiary/aromatic N) is 4. The number of aromatic nitrogens is 2. The molecule has 134 valence electrons. The molecule has 1 aliphatic heterocycles. The summed E-state index contributed by atoms with van der Waals surface area (Å²) in [7, 11) is 0. The largest absolute Gasteiger partial charge is 0.478 e. The van der Waals surface area contributed by atoms with E-state index in [9.17, 15) is 14.7 Å². The van der Waals surface area contributed by atoms with Crippen molar-refractivity contribution in [3.63, 3.8) is 0 Å². The third kappa shape index (κ3) is 3.24. The fourth-order valence-corrected chi connectivity index (χ4v) is 3.31. The van der Waals surface area contributed by atoms with E-state index in [4.69, 9.17) is 0 Å². The highest BCUT2D eigenvalue weighted by Gasteiger charge is 2.23. The second kappa shape index (κ2) is 6.84. The van der Waals surface area contributed by atoms with Crippen molar-refractivity contribution >= 4 is 22.8 Å². The van der Waals surface area contributed by atoms with Gasteiger partial charge >= 0.3 is 5.97 Å². The maximum Gasteiger partial charge on any atom is 0.335 e. The average Bonchev–Trinajstić information content (AvgIpc) is 2.61. The summed E-state index contributed by atoms with van der Waals surface area (Å²) in [6.07, 6.45) is 0. The molecule has 1 aromatic carbocycles. The number of benzene rings is 1. The van der Waals surface area contributed by atoms with Gasteiger partial charge in [0, 0.05) is 38.8 Å². The van der Waals surface area contributed by atoms with Crippen LogP contribution in [0.25, 0.3) is 10.9 Å². The van der Waals surface area contributed by atoms with Crippen molar-refractivity contribution in [2.24, 2.45) is 0 Å². The van der Waals surface area contributed by atoms with Gasteiger partial charge < -0.3 is 10.0 Å². The Labute approximate surface area is 146 Å². The van der Waals surface area contributed by atoms with E-state index in [2.05, 4.69) is 28.6 Å². The monoisotopic (exact) mass is 344 g/mol. The molecule has 3 rings (SSSR count). The molecule has 0 bridgehead atoms. The van der Waals surface area contributed by atoms with Crippen LogP contribution in [-0.2, 0) is 6.54 Å². The van der Waals surface area contributed by atoms with Gasteiger partial charge in [0.15, 0.2) is 0 Å². The lowest BCUT2D eigenvalue weighted by atomic mass is 10.1. The number of piperazine rings is 1. The zero-order valence-corrected chi connectivity index (χ0v) is 14.9. The van der Waals surface area contributed by atoms with Crippen LogP contribution in [-0.4, -0.2) is 57.7 Å². The molecule has 0 unspecified atom stereocenters. The lowest BCUT2D eigenvalue weighted by Crippen LogP contribution is -2.50. The Morgan fingerprint density at radius 2 is 1.92 bits per heavy atom. The van der Waals surface area contributed by atoms with E-state index in [0.29, 0.717) is 29.4 Å². The van der Waals surface area contributed by atoms with Crippen molar-refractivity contribution in [2.45, 2.75) is 33.4 Å². The summed E-state index contributed by atoms with van der Waals surface area (Å²) in [6.45, 7) is 10.3. The molecule has 2 heterocycles. The van der Waals surface area contributed by atoms with E-state index in [0.717, 1.165) is 26.2 Å². The van der Waals surface area contributed by atoms with Crippen LogP contribution >= 0.6 is 0 Å². The Morgan fingerprint density at radius 1 is 1.24 bits per heavy atom. The zero-order valence-electron chi connectivity index (χ0n) is 14.9. The number of carbonyl (C=O) groups is 1. The lowest BCUT2D eigenvalue weighted by Gasteiger charge is -2.38. The summed E-state index contributed by atoms with van der Waals surface area (Å²) in [5.41, 5.74) is 0.464. The van der Waals surface area contributed by atoms with E-state index in [1.807, 2.05) is 6.92 Å². The van der Waals surface area contributed by atoms with Gasteiger partial charge in [0.25, 0.3) is 5.56 Å². The molecule has 2 aromatic rings. The highest BCUT2D eigenvalue weighted by molar-refractivity contribution is 5.93. The molecule has 0 atom stereocenters. The molecule has 1 aromatic heterocycles. The first-order chi connectivity index (χ1) is 11.9. The van der Waals surface area contributed by atoms with Gasteiger partial charge in [-0.1, -0.05) is 0 Å². The summed E-state index contributed by atoms with van der Waals surface area (Å²) >= 11 is 0. The summed E-state index contributed by atoms with van der Waals surface area (Å²) in [6, 6.07) is 4.99. The van der Waals surface area contributed by atoms with E-state index in [1.54, 1.807) is 10.6 Å². The van der Waals surface area contributed by atoms with Crippen LogP contribution in [0.2, 0.25) is 0 Å². The first-order valence-electron chi connectivity index (χ1n) is 8.69. The van der Waals surface area contributed by atoms with Gasteiger partial charge in [-0.25, -0.2) is 9.78 Å². The van der Waals surface area contributed by atoms with Gasteiger partial charge in [0.2, 0.25) is 5.95 Å². The third-order valence-corrected chi connectivity index (χ3v) is 4.83. The normalized spacial score (nSPS) is 15.9. The van der Waals surface area contributed by atoms with Crippen molar-refractivity contribution < 1.29 is 9.90 Å². The SMILES string of the molecule is CCn1c(N2CCN(C(C)C)CC2)nc2cc(C(=O)O)ccc2c1=O. The Kier molecular flexibility index (Phi) is 4.76. The highest BCUT2D eigenvalue weighted by atomic mass is 16.4. The number of rotatable bonds is 4. The third-order valence-electron chi connectivity index (χ3n) is 4.83. The quantitative estimate of drug-likeness (QED) is 0.908. The van der Waals surface area contributed by atoms with E-state index in [-0.39, 0.29) is 11.1 Å². The van der Waals surface area contributed by atoms with Crippen molar-refractivity contribution in [1.82, 2.24) is 14.5 Å². The minimum Gasteiger partial charge on any atom is -0.478 e. The summed E-state index contributed by atoms with van der Waals surface area (Å²) < 4.78 is 1.67. The van der Waals surface area contributed by atoms with Gasteiger partial charge in [-0.15, -0.1) is 0 Å². The standard InChI is InChI=1S/C18H24N4O3/c1-4-22-16(23)14-6-5-13(17(24)25)11-15(14)19-18(22)21-9-7-20(8-10-21)12(2)3/h5-6,11-12H,4,7-10H2,1-3H3,(H,24,25). The molecule has 7 nitrogen and oxygen atoms in total. The number of carboxylic acid groups (broad SMARTS) is 1. The number of anilines is 1. The molecule has 1 fully saturated rings. The van der Waals surface area contributed by atoms with Crippen LogP contribution in [0.4, 0.5) is 5.95 Å². The number of hydrogen-bond donors (Lipinski definition) is 1. The molecule has 1 aliphatic rings. The van der Waals surface area contributed by atoms with Gasteiger partial charge in [-0.05, 0) is 39.0 Å². The first kappa shape index (κ1) is 17.4. The summed E-state index contributed by atoms with van der Waals surface area (Å²) in [5, 5.41) is 9.64. The molecule has 0 saturated carbocycles. The van der Waals surface area contributed by atoms with Gasteiger partial charge in [0.05, 0.1) is 16.5 Å². The molecule has 0 radical (unpaired) electrons. The van der Waals surface area contributed by atoms with Crippen LogP contribution in [0, 0.1) is 0 Å². The molecule has 7 heteroatoms. The number of carboxylic acids is 1. The van der Waals surface area contributed by atoms with Crippen LogP contribution in [0.3, 0.4) is 0 Å². The van der Waals surface area contributed by atoms with Crippen LogP contribution < -0.4 is 10.5 Å². The van der Waals surface area contributed by atoms with Crippen molar-refractivity contribution in [3.05, 3.63) is 34.1 Å². The van der Waals surface area contributed by atoms with Gasteiger partial charge in [0.1, 0.15) is 0 Å². The Balaban J connectivity index is 2.05. The molecule has 0 aliphatic carbocycles. The smallest absolute Gasteiger partial charge is 0.335 e. The van der Waals surface area contributed by atoms with Crippen LogP contribution in [0.15, 0.2) is 23.0 Å². The number of aromatic carboxylic acids is 1. The molecule has 1 N–H and O–H groups in total. The minimum atomic E-state index is -1.02. The molecule has 0 amide bonds. The van der Waals surface area contributed by atoms with Gasteiger partial charge in [-0.2, -0.15) is 0 Å². The van der Waals surface area contributed by atoms with Crippen LogP contribution in [0.5, 0.6) is 0 Å². The van der Waals surface area contributed by atoms with Crippen molar-refractivity contribution in [2.75, 3.05) is 31.1 Å². The zero-order chi connectivity index (χ0) is 18.1. The summed E-state index contributed by atoms with van der Waals surface area (Å²) in [4.78, 5) is 33.2. The lowest BCUT2D eigenvalue weighted by molar-refractivity contribution is 0.0697. The molecular formula is C18H24N4O3. The van der Waals surface area contributed by atoms with Crippen molar-refractivity contribution in [3.8, 4) is 0 Å². The molecule has 1 saturated heterocycles. The average molecular weight is 344 g/mol. The predicted octanol–water partition coefficient (Wildman–Crippen LogP) is 1.65. The number of fused-ring (bicyclic) bond motifs is 1. The first-order valence-corrected chi connectivity index (χ1v) is 8.69. The molecule has 25 heavy (non-hydrogen) atoms. The van der Waals surface area contributed by atoms with Crippen molar-refractivity contribution in [1.29, 1.82) is 0 Å². The molecular weight excluding hydrogens is 320 g/mol. The number of hydrogen-bond acceptors (Lipinski definition) is 5. The molecule has 0 spiro atoms. The Morgan fingerprint density at radius 3 is 2.48 bits per heavy atom. The maximum atomic E-state index is 12.8. The minimum absolute atomic E-state index is 0.120.